The van der Waals surface area contributed by atoms with Crippen LogP contribution < -0.4 is 5.32 Å². The molecule has 1 N–H and O–H groups in total. The van der Waals surface area contributed by atoms with E-state index in [0.29, 0.717) is 18.1 Å². The number of nitrogens with one attached hydrogen (secondary N) is 1. The molecule has 1 fully saturated rings. The highest BCUT2D eigenvalue weighted by Crippen LogP contribution is 2.28. The van der Waals surface area contributed by atoms with Crippen molar-refractivity contribution in [3.8, 4) is 0 Å². The van der Waals surface area contributed by atoms with Crippen LogP contribution in [0.3, 0.4) is 0 Å². The summed E-state index contributed by atoms with van der Waals surface area (Å²) in [7, 11) is -1.03. The van der Waals surface area contributed by atoms with Crippen molar-refractivity contribution in [1.29, 1.82) is 0 Å². The third-order valence-electron chi connectivity index (χ3n) is 3.65. The number of hydrogen-bond acceptors (Lipinski definition) is 6. The first-order chi connectivity index (χ1) is 8.43. The summed E-state index contributed by atoms with van der Waals surface area (Å²) in [6.45, 7) is 4.04. The Morgan fingerprint density at radius 2 is 2.17 bits per heavy atom. The smallest absolute Gasteiger partial charge is 0.231 e. The molecule has 6 nitrogen and oxygen atoms in total. The molecule has 1 aliphatic heterocycles. The monoisotopic (exact) mass is 273 g/mol. The van der Waals surface area contributed by atoms with Crippen molar-refractivity contribution in [3.05, 3.63) is 11.7 Å². The van der Waals surface area contributed by atoms with E-state index in [2.05, 4.69) is 15.5 Å². The van der Waals surface area contributed by atoms with Gasteiger partial charge in [0.2, 0.25) is 5.89 Å². The second-order valence-electron chi connectivity index (χ2n) is 4.96. The molecule has 0 saturated carbocycles. The third kappa shape index (κ3) is 2.72. The number of likely N-dealkylation sites (N-methyl/N-ethyl adjacent to an activating group) is 1. The van der Waals surface area contributed by atoms with Crippen LogP contribution in [0.1, 0.15) is 43.8 Å². The molecule has 0 bridgehead atoms. The zero-order valence-corrected chi connectivity index (χ0v) is 11.7. The van der Waals surface area contributed by atoms with E-state index < -0.39 is 9.84 Å². The molecule has 2 rings (SSSR count). The molecule has 1 aliphatic rings. The molecule has 2 heterocycles. The van der Waals surface area contributed by atoms with E-state index in [4.69, 9.17) is 4.52 Å². The molecule has 1 aromatic rings. The van der Waals surface area contributed by atoms with E-state index in [9.17, 15) is 8.42 Å². The lowest BCUT2D eigenvalue weighted by Gasteiger charge is -2.14. The van der Waals surface area contributed by atoms with E-state index in [-0.39, 0.29) is 29.4 Å². The number of aromatic nitrogens is 2. The molecular formula is C11H19N3O3S. The standard InChI is InChI=1S/C11H19N3O3S/c1-7(8(2)12-3)11-13-10(14-17-11)9-4-5-18(15,16)6-9/h7-9,12H,4-6H2,1-3H3. The van der Waals surface area contributed by atoms with Crippen LogP contribution >= 0.6 is 0 Å². The Labute approximate surface area is 107 Å². The van der Waals surface area contributed by atoms with Crippen LogP contribution in [0.15, 0.2) is 4.52 Å². The summed E-state index contributed by atoms with van der Waals surface area (Å²) < 4.78 is 28.1. The van der Waals surface area contributed by atoms with Crippen molar-refractivity contribution in [2.45, 2.75) is 38.1 Å². The summed E-state index contributed by atoms with van der Waals surface area (Å²) in [5, 5.41) is 7.05. The van der Waals surface area contributed by atoms with Gasteiger partial charge in [0.15, 0.2) is 15.7 Å². The minimum Gasteiger partial charge on any atom is -0.339 e. The van der Waals surface area contributed by atoms with Crippen LogP contribution in [0.25, 0.3) is 0 Å². The summed E-state index contributed by atoms with van der Waals surface area (Å²) in [5.74, 6) is 1.46. The molecule has 1 saturated heterocycles. The van der Waals surface area contributed by atoms with Gasteiger partial charge in [-0.1, -0.05) is 12.1 Å². The van der Waals surface area contributed by atoms with Crippen molar-refractivity contribution in [2.75, 3.05) is 18.6 Å². The fraction of sp³-hybridized carbons (Fsp3) is 0.818. The van der Waals surface area contributed by atoms with Crippen LogP contribution in [0.5, 0.6) is 0 Å². The van der Waals surface area contributed by atoms with Crippen LogP contribution in [0, 0.1) is 0 Å². The van der Waals surface area contributed by atoms with E-state index in [1.54, 1.807) is 0 Å². The molecule has 3 atom stereocenters. The predicted octanol–water partition coefficient (Wildman–Crippen LogP) is 0.683. The lowest BCUT2D eigenvalue weighted by molar-refractivity contribution is 0.332. The fourth-order valence-corrected chi connectivity index (χ4v) is 3.80. The second-order valence-corrected chi connectivity index (χ2v) is 7.19. The Morgan fingerprint density at radius 1 is 1.44 bits per heavy atom. The highest BCUT2D eigenvalue weighted by Gasteiger charge is 2.33. The van der Waals surface area contributed by atoms with Crippen LogP contribution in [0.2, 0.25) is 0 Å². The highest BCUT2D eigenvalue weighted by atomic mass is 32.2. The van der Waals surface area contributed by atoms with Crippen LogP contribution in [-0.2, 0) is 9.84 Å². The Kier molecular flexibility index (Phi) is 3.72. The molecule has 0 radical (unpaired) electrons. The molecule has 102 valence electrons. The molecule has 3 unspecified atom stereocenters. The van der Waals surface area contributed by atoms with Gasteiger partial charge >= 0.3 is 0 Å². The van der Waals surface area contributed by atoms with Crippen LogP contribution in [0.4, 0.5) is 0 Å². The van der Waals surface area contributed by atoms with Gasteiger partial charge in [-0.15, -0.1) is 0 Å². The van der Waals surface area contributed by atoms with E-state index >= 15 is 0 Å². The van der Waals surface area contributed by atoms with Crippen molar-refractivity contribution in [2.24, 2.45) is 0 Å². The zero-order chi connectivity index (χ0) is 13.3. The van der Waals surface area contributed by atoms with Gasteiger partial charge in [0.05, 0.1) is 17.4 Å². The van der Waals surface area contributed by atoms with Gasteiger partial charge in [0.25, 0.3) is 0 Å². The Morgan fingerprint density at radius 3 is 2.72 bits per heavy atom. The minimum atomic E-state index is -2.91. The molecule has 0 spiro atoms. The Balaban J connectivity index is 2.11. The first-order valence-corrected chi connectivity index (χ1v) is 7.96. The summed E-state index contributed by atoms with van der Waals surface area (Å²) in [5.41, 5.74) is 0. The van der Waals surface area contributed by atoms with E-state index in [0.717, 1.165) is 0 Å². The maximum absolute atomic E-state index is 11.4. The number of nitrogens with zero attached hydrogens (tertiary/aromatic N) is 2. The Bertz CT molecular complexity index is 511. The molecule has 0 aromatic carbocycles. The average molecular weight is 273 g/mol. The molecule has 0 aliphatic carbocycles. The normalized spacial score (nSPS) is 26.1. The molecule has 1 aromatic heterocycles. The van der Waals surface area contributed by atoms with E-state index in [1.165, 1.54) is 0 Å². The van der Waals surface area contributed by atoms with Gasteiger partial charge in [0, 0.05) is 12.0 Å². The first-order valence-electron chi connectivity index (χ1n) is 6.14. The van der Waals surface area contributed by atoms with Gasteiger partial charge in [0.1, 0.15) is 0 Å². The van der Waals surface area contributed by atoms with Gasteiger partial charge in [-0.05, 0) is 20.4 Å². The van der Waals surface area contributed by atoms with Gasteiger partial charge in [-0.25, -0.2) is 8.42 Å². The maximum Gasteiger partial charge on any atom is 0.231 e. The van der Waals surface area contributed by atoms with Crippen molar-refractivity contribution in [3.63, 3.8) is 0 Å². The topological polar surface area (TPSA) is 85.1 Å². The third-order valence-corrected chi connectivity index (χ3v) is 5.42. The summed E-state index contributed by atoms with van der Waals surface area (Å²) >= 11 is 0. The highest BCUT2D eigenvalue weighted by molar-refractivity contribution is 7.91. The predicted molar refractivity (Wildman–Crippen MR) is 67.2 cm³/mol. The second kappa shape index (κ2) is 4.97. The van der Waals surface area contributed by atoms with Gasteiger partial charge in [-0.2, -0.15) is 4.98 Å². The SMILES string of the molecule is CNC(C)C(C)c1nc(C2CCS(=O)(=O)C2)no1. The summed E-state index contributed by atoms with van der Waals surface area (Å²) in [4.78, 5) is 4.34. The quantitative estimate of drug-likeness (QED) is 0.868. The number of sulfone groups is 1. The van der Waals surface area contributed by atoms with Crippen molar-refractivity contribution >= 4 is 9.84 Å². The molecule has 7 heteroatoms. The molecule has 0 amide bonds. The lowest BCUT2D eigenvalue weighted by atomic mass is 10.0. The fourth-order valence-electron chi connectivity index (χ4n) is 2.06. The van der Waals surface area contributed by atoms with Gasteiger partial charge in [-0.3, -0.25) is 0 Å². The first kappa shape index (κ1) is 13.5. The van der Waals surface area contributed by atoms with Gasteiger partial charge < -0.3 is 9.84 Å². The number of hydrogen-bond donors (Lipinski definition) is 1. The Hall–Kier alpha value is -0.950. The molecular weight excluding hydrogens is 254 g/mol. The zero-order valence-electron chi connectivity index (χ0n) is 10.9. The number of rotatable bonds is 4. The lowest BCUT2D eigenvalue weighted by Crippen LogP contribution is -2.27. The largest absolute Gasteiger partial charge is 0.339 e. The summed E-state index contributed by atoms with van der Waals surface area (Å²) in [6.07, 6.45) is 0.595. The maximum atomic E-state index is 11.4. The van der Waals surface area contributed by atoms with Crippen molar-refractivity contribution in [1.82, 2.24) is 15.5 Å². The minimum absolute atomic E-state index is 0.106. The summed E-state index contributed by atoms with van der Waals surface area (Å²) in [6, 6.07) is 0.227. The van der Waals surface area contributed by atoms with Crippen LogP contribution in [-0.4, -0.2) is 43.2 Å². The van der Waals surface area contributed by atoms with Crippen molar-refractivity contribution < 1.29 is 12.9 Å². The van der Waals surface area contributed by atoms with E-state index in [1.807, 2.05) is 20.9 Å². The molecule has 18 heavy (non-hydrogen) atoms. The average Bonchev–Trinajstić information content (AvgIpc) is 2.93.